The van der Waals surface area contributed by atoms with Gasteiger partial charge in [0, 0.05) is 52.2 Å². The Balaban J connectivity index is 1.65. The predicted octanol–water partition coefficient (Wildman–Crippen LogP) is 2.56. The second-order valence-corrected chi connectivity index (χ2v) is 7.66. The molecule has 2 N–H and O–H groups in total. The summed E-state index contributed by atoms with van der Waals surface area (Å²) in [5.74, 6) is 0.809. The Bertz CT molecular complexity index is 689. The Labute approximate surface area is 173 Å². The lowest BCUT2D eigenvalue weighted by Gasteiger charge is -2.17. The van der Waals surface area contributed by atoms with Gasteiger partial charge in [0.15, 0.2) is 5.96 Å². The number of aromatic nitrogens is 1. The largest absolute Gasteiger partial charge is 0.385 e. The standard InChI is InChI=1S/C21H33N5OS/c1-22-21(23-12-14-26(2)13-7-15-27-3)24-16-19-17-28-20(25-19)11-10-18-8-5-4-6-9-18/h4-6,8-9,17H,7,10-16H2,1-3H3,(H2,22,23,24). The first kappa shape index (κ1) is 22.3. The maximum absolute atomic E-state index is 5.09. The van der Waals surface area contributed by atoms with Gasteiger partial charge in [0.2, 0.25) is 0 Å². The highest BCUT2D eigenvalue weighted by atomic mass is 32.1. The van der Waals surface area contributed by atoms with E-state index in [0.29, 0.717) is 6.54 Å². The van der Waals surface area contributed by atoms with E-state index in [1.807, 2.05) is 0 Å². The fourth-order valence-corrected chi connectivity index (χ4v) is 3.59. The van der Waals surface area contributed by atoms with Crippen molar-refractivity contribution in [3.8, 4) is 0 Å². The first-order valence-electron chi connectivity index (χ1n) is 9.80. The molecule has 0 unspecified atom stereocenters. The Kier molecular flexibility index (Phi) is 10.6. The number of guanidine groups is 1. The number of hydrogen-bond donors (Lipinski definition) is 2. The van der Waals surface area contributed by atoms with E-state index < -0.39 is 0 Å². The zero-order chi connectivity index (χ0) is 20.0. The molecule has 0 amide bonds. The van der Waals surface area contributed by atoms with Crippen molar-refractivity contribution in [2.24, 2.45) is 4.99 Å². The summed E-state index contributed by atoms with van der Waals surface area (Å²) in [4.78, 5) is 11.3. The van der Waals surface area contributed by atoms with Crippen molar-refractivity contribution < 1.29 is 4.74 Å². The van der Waals surface area contributed by atoms with Crippen LogP contribution in [0, 0.1) is 0 Å². The average Bonchev–Trinajstić information content (AvgIpc) is 3.18. The number of aryl methyl sites for hydroxylation is 2. The van der Waals surface area contributed by atoms with Crippen LogP contribution in [0.5, 0.6) is 0 Å². The molecule has 0 aliphatic rings. The summed E-state index contributed by atoms with van der Waals surface area (Å²) in [7, 11) is 5.66. The van der Waals surface area contributed by atoms with Crippen LogP contribution in [0.3, 0.4) is 0 Å². The molecule has 0 bridgehead atoms. The van der Waals surface area contributed by atoms with Crippen LogP contribution >= 0.6 is 11.3 Å². The Hall–Kier alpha value is -1.96. The van der Waals surface area contributed by atoms with Crippen molar-refractivity contribution in [2.45, 2.75) is 25.8 Å². The van der Waals surface area contributed by atoms with Crippen molar-refractivity contribution in [3.63, 3.8) is 0 Å². The lowest BCUT2D eigenvalue weighted by Crippen LogP contribution is -2.40. The number of rotatable bonds is 12. The smallest absolute Gasteiger partial charge is 0.191 e. The van der Waals surface area contributed by atoms with Crippen LogP contribution in [0.2, 0.25) is 0 Å². The van der Waals surface area contributed by atoms with Gasteiger partial charge in [-0.2, -0.15) is 0 Å². The number of methoxy groups -OCH3 is 1. The number of ether oxygens (including phenoxy) is 1. The molecule has 0 radical (unpaired) electrons. The van der Waals surface area contributed by atoms with Gasteiger partial charge >= 0.3 is 0 Å². The Morgan fingerprint density at radius 2 is 2.00 bits per heavy atom. The van der Waals surface area contributed by atoms with E-state index in [1.165, 1.54) is 10.6 Å². The number of nitrogens with one attached hydrogen (secondary N) is 2. The third-order valence-electron chi connectivity index (χ3n) is 4.40. The normalized spacial score (nSPS) is 11.8. The maximum Gasteiger partial charge on any atom is 0.191 e. The zero-order valence-electron chi connectivity index (χ0n) is 17.3. The quantitative estimate of drug-likeness (QED) is 0.324. The molecule has 0 saturated carbocycles. The molecule has 28 heavy (non-hydrogen) atoms. The van der Waals surface area contributed by atoms with Gasteiger partial charge in [0.25, 0.3) is 0 Å². The topological polar surface area (TPSA) is 61.8 Å². The van der Waals surface area contributed by atoms with Gasteiger partial charge in [-0.3, -0.25) is 4.99 Å². The van der Waals surface area contributed by atoms with Crippen molar-refractivity contribution in [1.82, 2.24) is 20.5 Å². The van der Waals surface area contributed by atoms with Gasteiger partial charge in [-0.25, -0.2) is 4.98 Å². The fourth-order valence-electron chi connectivity index (χ4n) is 2.79. The van der Waals surface area contributed by atoms with E-state index in [1.54, 1.807) is 25.5 Å². The van der Waals surface area contributed by atoms with E-state index in [9.17, 15) is 0 Å². The molecule has 0 spiro atoms. The van der Waals surface area contributed by atoms with E-state index >= 15 is 0 Å². The summed E-state index contributed by atoms with van der Waals surface area (Å²) >= 11 is 1.73. The molecule has 7 heteroatoms. The number of likely N-dealkylation sites (N-methyl/N-ethyl adjacent to an activating group) is 1. The van der Waals surface area contributed by atoms with Crippen LogP contribution in [0.1, 0.15) is 22.7 Å². The SMILES string of the molecule is CN=C(NCCN(C)CCCOC)NCc1csc(CCc2ccccc2)n1. The molecule has 1 aromatic heterocycles. The highest BCUT2D eigenvalue weighted by Gasteiger charge is 2.05. The van der Waals surface area contributed by atoms with E-state index in [-0.39, 0.29) is 0 Å². The minimum atomic E-state index is 0.686. The van der Waals surface area contributed by atoms with Crippen molar-refractivity contribution >= 4 is 17.3 Å². The van der Waals surface area contributed by atoms with Gasteiger partial charge in [0.05, 0.1) is 17.2 Å². The van der Waals surface area contributed by atoms with E-state index in [4.69, 9.17) is 9.72 Å². The summed E-state index contributed by atoms with van der Waals surface area (Å²) in [6.45, 7) is 4.34. The lowest BCUT2D eigenvalue weighted by atomic mass is 10.1. The molecule has 2 rings (SSSR count). The van der Waals surface area contributed by atoms with E-state index in [2.05, 4.69) is 63.3 Å². The van der Waals surface area contributed by atoms with Gasteiger partial charge in [-0.05, 0) is 25.5 Å². The summed E-state index contributed by atoms with van der Waals surface area (Å²) in [6, 6.07) is 10.6. The molecular weight excluding hydrogens is 370 g/mol. The number of thiazole rings is 1. The van der Waals surface area contributed by atoms with Gasteiger partial charge in [-0.1, -0.05) is 30.3 Å². The molecule has 0 saturated heterocycles. The fraction of sp³-hybridized carbons (Fsp3) is 0.524. The minimum absolute atomic E-state index is 0.686. The molecule has 1 heterocycles. The van der Waals surface area contributed by atoms with Crippen LogP contribution in [0.25, 0.3) is 0 Å². The van der Waals surface area contributed by atoms with E-state index in [0.717, 1.165) is 57.2 Å². The highest BCUT2D eigenvalue weighted by molar-refractivity contribution is 7.09. The Morgan fingerprint density at radius 3 is 2.75 bits per heavy atom. The molecule has 6 nitrogen and oxygen atoms in total. The molecule has 0 aliphatic carbocycles. The molecule has 0 atom stereocenters. The number of aliphatic imine (C=N–C) groups is 1. The first-order chi connectivity index (χ1) is 13.7. The molecule has 154 valence electrons. The van der Waals surface area contributed by atoms with Crippen LogP contribution in [0.4, 0.5) is 0 Å². The number of benzene rings is 1. The number of hydrogen-bond acceptors (Lipinski definition) is 5. The molecule has 0 fully saturated rings. The monoisotopic (exact) mass is 403 g/mol. The first-order valence-corrected chi connectivity index (χ1v) is 10.7. The average molecular weight is 404 g/mol. The lowest BCUT2D eigenvalue weighted by molar-refractivity contribution is 0.180. The predicted molar refractivity (Wildman–Crippen MR) is 118 cm³/mol. The van der Waals surface area contributed by atoms with Crippen LogP contribution in [-0.2, 0) is 24.1 Å². The van der Waals surface area contributed by atoms with Crippen LogP contribution in [-0.4, -0.2) is 63.3 Å². The second-order valence-electron chi connectivity index (χ2n) is 6.72. The summed E-state index contributed by atoms with van der Waals surface area (Å²) in [6.07, 6.45) is 3.07. The molecule has 1 aromatic carbocycles. The minimum Gasteiger partial charge on any atom is -0.385 e. The van der Waals surface area contributed by atoms with Crippen molar-refractivity contribution in [2.75, 3.05) is 47.4 Å². The highest BCUT2D eigenvalue weighted by Crippen LogP contribution is 2.13. The van der Waals surface area contributed by atoms with Crippen LogP contribution < -0.4 is 10.6 Å². The summed E-state index contributed by atoms with van der Waals surface area (Å²) < 4.78 is 5.09. The molecule has 0 aliphatic heterocycles. The maximum atomic E-state index is 5.09. The third kappa shape index (κ3) is 8.82. The molecular formula is C21H33N5OS. The molecule has 2 aromatic rings. The zero-order valence-corrected chi connectivity index (χ0v) is 18.1. The second kappa shape index (κ2) is 13.3. The van der Waals surface area contributed by atoms with Crippen LogP contribution in [0.15, 0.2) is 40.7 Å². The summed E-state index contributed by atoms with van der Waals surface area (Å²) in [5, 5.41) is 10.0. The van der Waals surface area contributed by atoms with Crippen molar-refractivity contribution in [3.05, 3.63) is 52.0 Å². The third-order valence-corrected chi connectivity index (χ3v) is 5.36. The van der Waals surface area contributed by atoms with Gasteiger partial charge in [0.1, 0.15) is 0 Å². The van der Waals surface area contributed by atoms with Gasteiger partial charge < -0.3 is 20.3 Å². The van der Waals surface area contributed by atoms with Gasteiger partial charge in [-0.15, -0.1) is 11.3 Å². The Morgan fingerprint density at radius 1 is 1.18 bits per heavy atom. The summed E-state index contributed by atoms with van der Waals surface area (Å²) in [5.41, 5.74) is 2.42. The van der Waals surface area contributed by atoms with Crippen molar-refractivity contribution in [1.29, 1.82) is 0 Å². The number of nitrogens with zero attached hydrogens (tertiary/aromatic N) is 3.